The fraction of sp³-hybridized carbons (Fsp3) is 0.118. The molecule has 25 heavy (non-hydrogen) atoms. The Morgan fingerprint density at radius 2 is 2.12 bits per heavy atom. The van der Waals surface area contributed by atoms with Gasteiger partial charge in [0.2, 0.25) is 5.95 Å². The smallest absolute Gasteiger partial charge is 0.222 e. The summed E-state index contributed by atoms with van der Waals surface area (Å²) in [7, 11) is 0. The number of H-pyrrole nitrogens is 1. The lowest BCUT2D eigenvalue weighted by atomic mass is 10.2. The lowest BCUT2D eigenvalue weighted by Crippen LogP contribution is -1.99. The summed E-state index contributed by atoms with van der Waals surface area (Å²) >= 11 is 10.0. The summed E-state index contributed by atoms with van der Waals surface area (Å²) in [4.78, 5) is 7.20. The quantitative estimate of drug-likeness (QED) is 0.336. The zero-order valence-corrected chi connectivity index (χ0v) is 14.9. The number of anilines is 1. The van der Waals surface area contributed by atoms with Crippen LogP contribution in [0, 0.1) is 11.8 Å². The van der Waals surface area contributed by atoms with Crippen LogP contribution in [0.1, 0.15) is 12.5 Å². The van der Waals surface area contributed by atoms with Crippen LogP contribution < -0.4 is 5.73 Å². The second-order valence-corrected chi connectivity index (χ2v) is 5.78. The SMILES string of the molecule is CCO/C=C/c1cc(F)c(N)nc1F.Sc1c[nH]c2cc(Cl)ccc12. The number of ether oxygens (including phenoxy) is 1. The first kappa shape index (κ1) is 19.1. The molecular formula is C17H16ClF2N3OS. The number of hydrogen-bond acceptors (Lipinski definition) is 4. The van der Waals surface area contributed by atoms with Gasteiger partial charge in [-0.25, -0.2) is 4.39 Å². The molecule has 4 nitrogen and oxygen atoms in total. The molecule has 1 aromatic carbocycles. The van der Waals surface area contributed by atoms with Crippen molar-refractivity contribution in [1.29, 1.82) is 0 Å². The average molecular weight is 384 g/mol. The van der Waals surface area contributed by atoms with E-state index in [2.05, 4.69) is 22.6 Å². The second-order valence-electron chi connectivity index (χ2n) is 4.86. The van der Waals surface area contributed by atoms with Crippen LogP contribution in [-0.4, -0.2) is 16.6 Å². The van der Waals surface area contributed by atoms with E-state index < -0.39 is 17.6 Å². The van der Waals surface area contributed by atoms with Crippen molar-refractivity contribution in [3.05, 3.63) is 59.1 Å². The van der Waals surface area contributed by atoms with E-state index in [1.807, 2.05) is 24.4 Å². The molecule has 0 radical (unpaired) electrons. The maximum atomic E-state index is 13.0. The van der Waals surface area contributed by atoms with Crippen molar-refractivity contribution in [2.24, 2.45) is 0 Å². The van der Waals surface area contributed by atoms with Crippen LogP contribution in [0.3, 0.4) is 0 Å². The number of nitrogens with one attached hydrogen (secondary N) is 1. The van der Waals surface area contributed by atoms with Crippen LogP contribution in [0.4, 0.5) is 14.6 Å². The van der Waals surface area contributed by atoms with Gasteiger partial charge in [0.15, 0.2) is 11.6 Å². The number of fused-ring (bicyclic) bond motifs is 1. The fourth-order valence-corrected chi connectivity index (χ4v) is 2.34. The minimum atomic E-state index is -0.820. The summed E-state index contributed by atoms with van der Waals surface area (Å²) in [6, 6.07) is 6.66. The maximum absolute atomic E-state index is 13.0. The third-order valence-corrected chi connectivity index (χ3v) is 3.72. The topological polar surface area (TPSA) is 63.9 Å². The first-order chi connectivity index (χ1) is 11.9. The van der Waals surface area contributed by atoms with Crippen LogP contribution in [0.15, 0.2) is 41.6 Å². The minimum Gasteiger partial charge on any atom is -0.501 e. The molecule has 0 unspecified atom stereocenters. The molecule has 0 saturated heterocycles. The predicted octanol–water partition coefficient (Wildman–Crippen LogP) is 5.06. The first-order valence-corrected chi connectivity index (χ1v) is 8.10. The molecule has 0 aliphatic heterocycles. The molecule has 0 aliphatic rings. The molecule has 8 heteroatoms. The summed E-state index contributed by atoms with van der Waals surface area (Å²) < 4.78 is 30.7. The van der Waals surface area contributed by atoms with E-state index in [-0.39, 0.29) is 5.56 Å². The zero-order valence-electron chi connectivity index (χ0n) is 13.3. The van der Waals surface area contributed by atoms with Crippen molar-refractivity contribution >= 4 is 47.0 Å². The van der Waals surface area contributed by atoms with Crippen molar-refractivity contribution in [2.45, 2.75) is 11.8 Å². The summed E-state index contributed by atoms with van der Waals surface area (Å²) in [5, 5.41) is 1.85. The molecule has 132 valence electrons. The first-order valence-electron chi connectivity index (χ1n) is 7.27. The molecule has 0 atom stereocenters. The molecule has 3 N–H and O–H groups in total. The molecule has 2 heterocycles. The Bertz CT molecular complexity index is 899. The Morgan fingerprint density at radius 1 is 1.36 bits per heavy atom. The highest BCUT2D eigenvalue weighted by molar-refractivity contribution is 7.80. The van der Waals surface area contributed by atoms with E-state index in [4.69, 9.17) is 22.1 Å². The fourth-order valence-electron chi connectivity index (χ4n) is 1.91. The standard InChI is InChI=1S/C9H10F2N2O.C8H6ClNS/c1-2-14-4-3-6-5-7(10)9(12)13-8(6)11;9-5-1-2-6-7(3-5)10-4-8(6)11/h3-5H,2H2,1H3,(H2,12,13);1-4,10-11H/b4-3+;. The minimum absolute atomic E-state index is 0.00477. The number of aromatic nitrogens is 2. The highest BCUT2D eigenvalue weighted by atomic mass is 35.5. The summed E-state index contributed by atoms with van der Waals surface area (Å²) in [6.07, 6.45) is 4.41. The second kappa shape index (κ2) is 8.73. The lowest BCUT2D eigenvalue weighted by Gasteiger charge is -1.99. The number of hydrogen-bond donors (Lipinski definition) is 3. The van der Waals surface area contributed by atoms with Gasteiger partial charge in [-0.2, -0.15) is 9.37 Å². The van der Waals surface area contributed by atoms with E-state index in [1.165, 1.54) is 12.3 Å². The van der Waals surface area contributed by atoms with Gasteiger partial charge in [0.1, 0.15) is 0 Å². The van der Waals surface area contributed by atoms with Crippen LogP contribution in [0.5, 0.6) is 0 Å². The van der Waals surface area contributed by atoms with Crippen molar-refractivity contribution < 1.29 is 13.5 Å². The van der Waals surface area contributed by atoms with Crippen LogP contribution >= 0.6 is 24.2 Å². The summed E-state index contributed by atoms with van der Waals surface area (Å²) in [5.41, 5.74) is 6.10. The summed E-state index contributed by atoms with van der Waals surface area (Å²) in [5.74, 6) is -2.02. The van der Waals surface area contributed by atoms with Gasteiger partial charge in [-0.15, -0.1) is 12.6 Å². The van der Waals surface area contributed by atoms with E-state index in [9.17, 15) is 8.78 Å². The molecule has 0 spiro atoms. The van der Waals surface area contributed by atoms with Crippen LogP contribution in [-0.2, 0) is 4.74 Å². The molecule has 3 rings (SSSR count). The molecule has 0 amide bonds. The van der Waals surface area contributed by atoms with Gasteiger partial charge in [0.25, 0.3) is 0 Å². The maximum Gasteiger partial charge on any atom is 0.222 e. The van der Waals surface area contributed by atoms with Crippen molar-refractivity contribution in [1.82, 2.24) is 9.97 Å². The monoisotopic (exact) mass is 383 g/mol. The average Bonchev–Trinajstić information content (AvgIpc) is 2.93. The predicted molar refractivity (Wildman–Crippen MR) is 99.8 cm³/mol. The summed E-state index contributed by atoms with van der Waals surface area (Å²) in [6.45, 7) is 2.24. The number of aromatic amines is 1. The lowest BCUT2D eigenvalue weighted by molar-refractivity contribution is 0.272. The van der Waals surface area contributed by atoms with Gasteiger partial charge >= 0.3 is 0 Å². The number of nitrogens with two attached hydrogens (primary N) is 1. The van der Waals surface area contributed by atoms with Gasteiger partial charge in [-0.1, -0.05) is 17.7 Å². The van der Waals surface area contributed by atoms with Gasteiger partial charge < -0.3 is 15.5 Å². The number of benzene rings is 1. The molecule has 0 saturated carbocycles. The molecule has 0 fully saturated rings. The Hall–Kier alpha value is -2.25. The number of rotatable bonds is 3. The molecular weight excluding hydrogens is 368 g/mol. The van der Waals surface area contributed by atoms with E-state index in [0.717, 1.165) is 26.9 Å². The van der Waals surface area contributed by atoms with Crippen LogP contribution in [0.2, 0.25) is 5.02 Å². The van der Waals surface area contributed by atoms with Crippen molar-refractivity contribution in [3.63, 3.8) is 0 Å². The van der Waals surface area contributed by atoms with Gasteiger partial charge in [-0.05, 0) is 31.2 Å². The van der Waals surface area contributed by atoms with Crippen LogP contribution in [0.25, 0.3) is 17.0 Å². The third-order valence-electron chi connectivity index (χ3n) is 3.12. The molecule has 2 aromatic heterocycles. The Labute approximate surface area is 154 Å². The van der Waals surface area contributed by atoms with E-state index in [1.54, 1.807) is 6.92 Å². The highest BCUT2D eigenvalue weighted by Gasteiger charge is 2.06. The molecule has 0 aliphatic carbocycles. The molecule has 0 bridgehead atoms. The number of nitrogen functional groups attached to an aromatic ring is 1. The normalized spacial score (nSPS) is 10.8. The van der Waals surface area contributed by atoms with E-state index >= 15 is 0 Å². The van der Waals surface area contributed by atoms with Crippen molar-refractivity contribution in [3.8, 4) is 0 Å². The van der Waals surface area contributed by atoms with Gasteiger partial charge in [0.05, 0.1) is 12.9 Å². The van der Waals surface area contributed by atoms with Gasteiger partial charge in [0, 0.05) is 32.6 Å². The number of nitrogens with zero attached hydrogens (tertiary/aromatic N) is 1. The number of thiol groups is 1. The third kappa shape index (κ3) is 5.11. The Morgan fingerprint density at radius 3 is 2.84 bits per heavy atom. The highest BCUT2D eigenvalue weighted by Crippen LogP contribution is 2.23. The zero-order chi connectivity index (χ0) is 18.4. The van der Waals surface area contributed by atoms with Gasteiger partial charge in [-0.3, -0.25) is 0 Å². The number of halogens is 3. The largest absolute Gasteiger partial charge is 0.501 e. The molecule has 3 aromatic rings. The Balaban J connectivity index is 0.000000185. The Kier molecular flexibility index (Phi) is 6.66. The van der Waals surface area contributed by atoms with Crippen molar-refractivity contribution in [2.75, 3.05) is 12.3 Å². The number of pyridine rings is 1. The van der Waals surface area contributed by atoms with E-state index in [0.29, 0.717) is 6.61 Å².